The largest absolute Gasteiger partial charge is 0.463 e. The Morgan fingerprint density at radius 2 is 2.18 bits per heavy atom. The van der Waals surface area contributed by atoms with Crippen molar-refractivity contribution in [2.24, 2.45) is 0 Å². The standard InChI is InChI=1S/C13H14ClNO2/c1-9(7-14)15(2)13(16)11-8-17-12-6-4-3-5-10(11)12/h3-6,8-9H,7H2,1-2H3. The molecule has 1 unspecified atom stereocenters. The topological polar surface area (TPSA) is 33.5 Å². The van der Waals surface area contributed by atoms with Crippen molar-refractivity contribution in [3.63, 3.8) is 0 Å². The zero-order valence-electron chi connectivity index (χ0n) is 9.81. The van der Waals surface area contributed by atoms with Gasteiger partial charge in [0.2, 0.25) is 0 Å². The molecule has 1 amide bonds. The third kappa shape index (κ3) is 2.15. The molecule has 1 heterocycles. The maximum absolute atomic E-state index is 12.2. The summed E-state index contributed by atoms with van der Waals surface area (Å²) < 4.78 is 5.35. The number of fused-ring (bicyclic) bond motifs is 1. The highest BCUT2D eigenvalue weighted by Gasteiger charge is 2.20. The van der Waals surface area contributed by atoms with Gasteiger partial charge in [0.15, 0.2) is 0 Å². The molecule has 0 fully saturated rings. The number of alkyl halides is 1. The summed E-state index contributed by atoms with van der Waals surface area (Å²) in [6.45, 7) is 1.91. The van der Waals surface area contributed by atoms with E-state index in [1.165, 1.54) is 6.26 Å². The second-order valence-electron chi connectivity index (χ2n) is 4.06. The third-order valence-corrected chi connectivity index (χ3v) is 3.36. The van der Waals surface area contributed by atoms with Crippen LogP contribution in [0.25, 0.3) is 11.0 Å². The van der Waals surface area contributed by atoms with Crippen molar-refractivity contribution in [2.45, 2.75) is 13.0 Å². The van der Waals surface area contributed by atoms with Gasteiger partial charge in [0.05, 0.1) is 5.56 Å². The summed E-state index contributed by atoms with van der Waals surface area (Å²) in [5, 5.41) is 0.839. The van der Waals surface area contributed by atoms with Gasteiger partial charge in [-0.05, 0) is 13.0 Å². The molecule has 0 radical (unpaired) electrons. The number of para-hydroxylation sites is 1. The molecule has 0 N–H and O–H groups in total. The average molecular weight is 252 g/mol. The summed E-state index contributed by atoms with van der Waals surface area (Å²) in [4.78, 5) is 13.9. The van der Waals surface area contributed by atoms with Crippen LogP contribution in [0.15, 0.2) is 34.9 Å². The minimum Gasteiger partial charge on any atom is -0.463 e. The maximum Gasteiger partial charge on any atom is 0.257 e. The zero-order chi connectivity index (χ0) is 12.4. The SMILES string of the molecule is CC(CCl)N(C)C(=O)c1coc2ccccc12. The number of halogens is 1. The number of hydrogen-bond donors (Lipinski definition) is 0. The number of carbonyl (C=O) groups excluding carboxylic acids is 1. The minimum atomic E-state index is -0.0666. The van der Waals surface area contributed by atoms with E-state index in [0.29, 0.717) is 11.4 Å². The lowest BCUT2D eigenvalue weighted by atomic mass is 10.1. The number of amides is 1. The summed E-state index contributed by atoms with van der Waals surface area (Å²) in [5.41, 5.74) is 1.31. The Labute approximate surface area is 105 Å². The molecule has 0 aliphatic heterocycles. The number of rotatable bonds is 3. The van der Waals surface area contributed by atoms with Gasteiger partial charge in [0, 0.05) is 24.4 Å². The quantitative estimate of drug-likeness (QED) is 0.786. The lowest BCUT2D eigenvalue weighted by Crippen LogP contribution is -2.36. The smallest absolute Gasteiger partial charge is 0.257 e. The lowest BCUT2D eigenvalue weighted by molar-refractivity contribution is 0.0757. The molecule has 2 aromatic rings. The van der Waals surface area contributed by atoms with E-state index in [0.717, 1.165) is 11.0 Å². The minimum absolute atomic E-state index is 0.00201. The van der Waals surface area contributed by atoms with E-state index in [4.69, 9.17) is 16.0 Å². The Morgan fingerprint density at radius 1 is 1.47 bits per heavy atom. The number of benzene rings is 1. The molecule has 0 aliphatic rings. The summed E-state index contributed by atoms with van der Waals surface area (Å²) in [5.74, 6) is 0.348. The van der Waals surface area contributed by atoms with E-state index in [2.05, 4.69) is 0 Å². The first kappa shape index (κ1) is 12.0. The summed E-state index contributed by atoms with van der Waals surface area (Å²) >= 11 is 5.75. The Balaban J connectivity index is 2.37. The van der Waals surface area contributed by atoms with Gasteiger partial charge in [-0.25, -0.2) is 0 Å². The lowest BCUT2D eigenvalue weighted by Gasteiger charge is -2.22. The number of carbonyl (C=O) groups is 1. The Kier molecular flexibility index (Phi) is 3.38. The van der Waals surface area contributed by atoms with Crippen LogP contribution in [0.1, 0.15) is 17.3 Å². The monoisotopic (exact) mass is 251 g/mol. The Hall–Kier alpha value is -1.48. The molecule has 0 aliphatic carbocycles. The van der Waals surface area contributed by atoms with Gasteiger partial charge < -0.3 is 9.32 Å². The highest BCUT2D eigenvalue weighted by atomic mass is 35.5. The summed E-state index contributed by atoms with van der Waals surface area (Å²) in [6.07, 6.45) is 1.50. The van der Waals surface area contributed by atoms with Gasteiger partial charge in [0.1, 0.15) is 11.8 Å². The fourth-order valence-corrected chi connectivity index (χ4v) is 1.84. The summed E-state index contributed by atoms with van der Waals surface area (Å²) in [6, 6.07) is 7.49. The molecule has 0 spiro atoms. The van der Waals surface area contributed by atoms with Crippen LogP contribution in [0.4, 0.5) is 0 Å². The van der Waals surface area contributed by atoms with E-state index in [1.54, 1.807) is 11.9 Å². The van der Waals surface area contributed by atoms with E-state index in [1.807, 2.05) is 31.2 Å². The average Bonchev–Trinajstić information content (AvgIpc) is 2.79. The van der Waals surface area contributed by atoms with Crippen LogP contribution in [0, 0.1) is 0 Å². The van der Waals surface area contributed by atoms with Crippen molar-refractivity contribution in [2.75, 3.05) is 12.9 Å². The molecule has 0 bridgehead atoms. The second kappa shape index (κ2) is 4.80. The van der Waals surface area contributed by atoms with Crippen molar-refractivity contribution in [3.8, 4) is 0 Å². The van der Waals surface area contributed by atoms with Crippen LogP contribution >= 0.6 is 11.6 Å². The van der Waals surface area contributed by atoms with Gasteiger partial charge in [0.25, 0.3) is 5.91 Å². The van der Waals surface area contributed by atoms with Crippen molar-refractivity contribution >= 4 is 28.5 Å². The highest BCUT2D eigenvalue weighted by Crippen LogP contribution is 2.22. The van der Waals surface area contributed by atoms with Gasteiger partial charge in [-0.1, -0.05) is 18.2 Å². The molecule has 0 saturated carbocycles. The zero-order valence-corrected chi connectivity index (χ0v) is 10.6. The molecule has 17 heavy (non-hydrogen) atoms. The molecule has 3 nitrogen and oxygen atoms in total. The molecular weight excluding hydrogens is 238 g/mol. The van der Waals surface area contributed by atoms with Crippen LogP contribution in [0.5, 0.6) is 0 Å². The number of furan rings is 1. The molecule has 1 aromatic carbocycles. The summed E-state index contributed by atoms with van der Waals surface area (Å²) in [7, 11) is 1.75. The molecule has 1 aromatic heterocycles. The van der Waals surface area contributed by atoms with E-state index in [9.17, 15) is 4.79 Å². The Morgan fingerprint density at radius 3 is 2.88 bits per heavy atom. The van der Waals surface area contributed by atoms with Crippen molar-refractivity contribution in [3.05, 3.63) is 36.1 Å². The van der Waals surface area contributed by atoms with Crippen LogP contribution in [0.3, 0.4) is 0 Å². The fourth-order valence-electron chi connectivity index (χ4n) is 1.64. The first-order chi connectivity index (χ1) is 8.15. The van der Waals surface area contributed by atoms with Gasteiger partial charge in [-0.2, -0.15) is 0 Å². The van der Waals surface area contributed by atoms with E-state index in [-0.39, 0.29) is 11.9 Å². The van der Waals surface area contributed by atoms with Crippen molar-refractivity contribution < 1.29 is 9.21 Å². The number of nitrogens with zero attached hydrogens (tertiary/aromatic N) is 1. The molecule has 2 rings (SSSR count). The fraction of sp³-hybridized carbons (Fsp3) is 0.308. The molecule has 0 saturated heterocycles. The first-order valence-corrected chi connectivity index (χ1v) is 5.98. The third-order valence-electron chi connectivity index (χ3n) is 2.92. The Bertz CT molecular complexity index is 535. The van der Waals surface area contributed by atoms with Gasteiger partial charge in [-0.3, -0.25) is 4.79 Å². The molecular formula is C13H14ClNO2. The normalized spacial score (nSPS) is 12.6. The highest BCUT2D eigenvalue weighted by molar-refractivity contribution is 6.18. The second-order valence-corrected chi connectivity index (χ2v) is 4.37. The number of hydrogen-bond acceptors (Lipinski definition) is 2. The predicted molar refractivity (Wildman–Crippen MR) is 68.5 cm³/mol. The van der Waals surface area contributed by atoms with Crippen LogP contribution in [-0.4, -0.2) is 29.8 Å². The van der Waals surface area contributed by atoms with Gasteiger partial charge >= 0.3 is 0 Å². The van der Waals surface area contributed by atoms with Crippen LogP contribution in [0.2, 0.25) is 0 Å². The predicted octanol–water partition coefficient (Wildman–Crippen LogP) is 3.13. The van der Waals surface area contributed by atoms with Crippen molar-refractivity contribution in [1.29, 1.82) is 0 Å². The molecule has 4 heteroatoms. The maximum atomic E-state index is 12.2. The van der Waals surface area contributed by atoms with Crippen LogP contribution < -0.4 is 0 Å². The first-order valence-electron chi connectivity index (χ1n) is 5.44. The van der Waals surface area contributed by atoms with Crippen molar-refractivity contribution in [1.82, 2.24) is 4.90 Å². The van der Waals surface area contributed by atoms with Crippen LogP contribution in [-0.2, 0) is 0 Å². The molecule has 90 valence electrons. The van der Waals surface area contributed by atoms with E-state index >= 15 is 0 Å². The van der Waals surface area contributed by atoms with E-state index < -0.39 is 0 Å². The van der Waals surface area contributed by atoms with Gasteiger partial charge in [-0.15, -0.1) is 11.6 Å². The molecule has 1 atom stereocenters.